The van der Waals surface area contributed by atoms with Crippen molar-refractivity contribution in [2.24, 2.45) is 0 Å². The van der Waals surface area contributed by atoms with E-state index in [9.17, 15) is 0 Å². The van der Waals surface area contributed by atoms with Crippen LogP contribution in [0.2, 0.25) is 0 Å². The van der Waals surface area contributed by atoms with Crippen molar-refractivity contribution in [1.29, 1.82) is 0 Å². The van der Waals surface area contributed by atoms with Crippen LogP contribution in [0.25, 0.3) is 0 Å². The molecule has 0 fully saturated rings. The quantitative estimate of drug-likeness (QED) is 0.580. The van der Waals surface area contributed by atoms with Gasteiger partial charge in [-0.25, -0.2) is 0 Å². The molecule has 0 nitrogen and oxygen atoms in total. The minimum Gasteiger partial charge on any atom is -0.00764 e. The van der Waals surface area contributed by atoms with E-state index in [0.29, 0.717) is 0 Å². The average Bonchev–Trinajstić information content (AvgIpc) is 2.05. The average molecular weight is 224 g/mol. The summed E-state index contributed by atoms with van der Waals surface area (Å²) in [4.78, 5) is 0. The minimum absolute atomic E-state index is 1.26. The Morgan fingerprint density at radius 2 is 0.500 bits per heavy atom. The van der Waals surface area contributed by atoms with Crippen molar-refractivity contribution in [3.05, 3.63) is 0 Å². The van der Waals surface area contributed by atoms with Gasteiger partial charge in [-0.2, -0.15) is 0 Å². The first-order chi connectivity index (χ1) is 6.00. The van der Waals surface area contributed by atoms with Crippen LogP contribution in [0.15, 0.2) is 0 Å². The second-order valence-corrected chi connectivity index (χ2v) is 3.67. The molecule has 1 rings (SSSR count). The summed E-state index contributed by atoms with van der Waals surface area (Å²) in [5.74, 6) is 0. The van der Waals surface area contributed by atoms with Crippen molar-refractivity contribution in [2.75, 3.05) is 0 Å². The lowest BCUT2D eigenvalue weighted by Crippen LogP contribution is -1.50. The van der Waals surface area contributed by atoms with Gasteiger partial charge in [0.1, 0.15) is 0 Å². The maximum atomic E-state index is 2.79. The third-order valence-electron chi connectivity index (χ3n) is 0.575. The van der Waals surface area contributed by atoms with Gasteiger partial charge in [0.05, 0.1) is 0 Å². The molecule has 0 amide bonds. The van der Waals surface area contributed by atoms with E-state index in [4.69, 9.17) is 0 Å². The molecule has 0 unspecified atom stereocenters. The van der Waals surface area contributed by atoms with Crippen molar-refractivity contribution in [1.82, 2.24) is 0 Å². The Hall–Kier alpha value is -0.360. The van der Waals surface area contributed by atoms with E-state index >= 15 is 0 Å². The summed E-state index contributed by atoms with van der Waals surface area (Å²) >= 11 is 5.05. The van der Waals surface area contributed by atoms with Crippen molar-refractivity contribution in [3.8, 4) is 42.0 Å². The van der Waals surface area contributed by atoms with Gasteiger partial charge in [-0.3, -0.25) is 0 Å². The number of rotatable bonds is 0. The Kier molecular flexibility index (Phi) is 5.91. The number of hydrogen-bond acceptors (Lipinski definition) is 4. The molecule has 0 radical (unpaired) electrons. The lowest BCUT2D eigenvalue weighted by atomic mass is 11.3. The Labute approximate surface area is 88.8 Å². The van der Waals surface area contributed by atoms with Gasteiger partial charge >= 0.3 is 0 Å². The zero-order chi connectivity index (χ0) is 8.49. The molecule has 1 heterocycles. The van der Waals surface area contributed by atoms with Crippen LogP contribution >= 0.6 is 47.0 Å². The number of thioether (sulfide) groups is 4. The third kappa shape index (κ3) is 5.31. The van der Waals surface area contributed by atoms with Crippen LogP contribution < -0.4 is 0 Å². The van der Waals surface area contributed by atoms with E-state index in [1.807, 2.05) is 0 Å². The second kappa shape index (κ2) is 7.30. The normalized spacial score (nSPS) is 13.3. The van der Waals surface area contributed by atoms with Crippen LogP contribution in [0.1, 0.15) is 0 Å². The Bertz CT molecular complexity index is 276. The van der Waals surface area contributed by atoms with Gasteiger partial charge in [-0.1, -0.05) is 0 Å². The highest BCUT2D eigenvalue weighted by Gasteiger charge is 1.74. The SMILES string of the molecule is C1#CSC#CSC#CSC#CS1. The molecule has 0 aliphatic carbocycles. The van der Waals surface area contributed by atoms with Crippen molar-refractivity contribution in [2.45, 2.75) is 0 Å². The molecule has 0 spiro atoms. The summed E-state index contributed by atoms with van der Waals surface area (Å²) in [6.07, 6.45) is 0. The van der Waals surface area contributed by atoms with Crippen LogP contribution in [0.5, 0.6) is 0 Å². The monoisotopic (exact) mass is 224 g/mol. The Morgan fingerprint density at radius 3 is 0.667 bits per heavy atom. The first-order valence-corrected chi connectivity index (χ1v) is 5.90. The summed E-state index contributed by atoms with van der Waals surface area (Å²) in [5.41, 5.74) is 0. The highest BCUT2D eigenvalue weighted by atomic mass is 32.2. The van der Waals surface area contributed by atoms with Gasteiger partial charge in [0.15, 0.2) is 0 Å². The third-order valence-corrected chi connectivity index (χ3v) is 2.72. The van der Waals surface area contributed by atoms with E-state index in [0.717, 1.165) is 0 Å². The minimum atomic E-state index is 1.26. The fourth-order valence-electron chi connectivity index (χ4n) is 0.269. The smallest absolute Gasteiger partial charge is 0.00764 e. The highest BCUT2D eigenvalue weighted by Crippen LogP contribution is 2.04. The van der Waals surface area contributed by atoms with E-state index in [1.165, 1.54) is 47.0 Å². The maximum Gasteiger partial charge on any atom is 0.0153 e. The predicted octanol–water partition coefficient (Wildman–Crippen LogP) is 2.61. The van der Waals surface area contributed by atoms with Crippen LogP contribution in [0, 0.1) is 42.0 Å². The topological polar surface area (TPSA) is 0 Å². The van der Waals surface area contributed by atoms with Crippen LogP contribution in [-0.2, 0) is 0 Å². The molecule has 0 saturated carbocycles. The van der Waals surface area contributed by atoms with E-state index < -0.39 is 0 Å². The molecule has 0 saturated heterocycles. The molecule has 0 aromatic carbocycles. The summed E-state index contributed by atoms with van der Waals surface area (Å²) in [6, 6.07) is 0. The molecule has 1 aliphatic rings. The van der Waals surface area contributed by atoms with Crippen molar-refractivity contribution >= 4 is 47.0 Å². The molecule has 56 valence electrons. The van der Waals surface area contributed by atoms with Gasteiger partial charge in [0, 0.05) is 47.0 Å². The van der Waals surface area contributed by atoms with Crippen LogP contribution in [0.3, 0.4) is 0 Å². The maximum absolute atomic E-state index is 2.79. The summed E-state index contributed by atoms with van der Waals surface area (Å²) in [5, 5.41) is 22.3. The standard InChI is InChI=1S/C8S4/c1-2-10-5-6-12-8-7-11-4-3-9-1. The lowest BCUT2D eigenvalue weighted by molar-refractivity contribution is 2.89. The van der Waals surface area contributed by atoms with Gasteiger partial charge in [0.25, 0.3) is 0 Å². The van der Waals surface area contributed by atoms with Crippen LogP contribution in [0.4, 0.5) is 0 Å². The largest absolute Gasteiger partial charge is 0.0153 e. The predicted molar refractivity (Wildman–Crippen MR) is 61.5 cm³/mol. The molecule has 0 aromatic heterocycles. The zero-order valence-electron chi connectivity index (χ0n) is 5.63. The summed E-state index contributed by atoms with van der Waals surface area (Å²) in [6.45, 7) is 0. The molecule has 0 N–H and O–H groups in total. The van der Waals surface area contributed by atoms with E-state index in [1.54, 1.807) is 0 Å². The van der Waals surface area contributed by atoms with E-state index in [-0.39, 0.29) is 0 Å². The summed E-state index contributed by atoms with van der Waals surface area (Å²) in [7, 11) is 0. The van der Waals surface area contributed by atoms with Gasteiger partial charge < -0.3 is 0 Å². The van der Waals surface area contributed by atoms with Gasteiger partial charge in [0.2, 0.25) is 0 Å². The second-order valence-electron chi connectivity index (χ2n) is 1.22. The van der Waals surface area contributed by atoms with Gasteiger partial charge in [-0.15, -0.1) is 0 Å². The van der Waals surface area contributed by atoms with E-state index in [2.05, 4.69) is 42.0 Å². The van der Waals surface area contributed by atoms with Crippen molar-refractivity contribution in [3.63, 3.8) is 0 Å². The first kappa shape index (κ1) is 9.73. The molecule has 1 aliphatic heterocycles. The molecular formula is C8S4. The molecular weight excluding hydrogens is 224 g/mol. The molecule has 0 aromatic rings. The lowest BCUT2D eigenvalue weighted by Gasteiger charge is -1.73. The molecule has 4 heteroatoms. The fraction of sp³-hybridized carbons (Fsp3) is 0. The fourth-order valence-corrected chi connectivity index (χ4v) is 1.81. The van der Waals surface area contributed by atoms with Gasteiger partial charge in [-0.05, 0) is 42.0 Å². The molecule has 12 heavy (non-hydrogen) atoms. The molecule has 0 bridgehead atoms. The first-order valence-electron chi connectivity index (χ1n) is 2.63. The Morgan fingerprint density at radius 1 is 0.333 bits per heavy atom. The summed E-state index contributed by atoms with van der Waals surface area (Å²) < 4.78 is 0. The zero-order valence-corrected chi connectivity index (χ0v) is 8.90. The Balaban J connectivity index is 2.57. The highest BCUT2D eigenvalue weighted by molar-refractivity contribution is 8.14. The van der Waals surface area contributed by atoms with Crippen LogP contribution in [-0.4, -0.2) is 0 Å². The number of hydrogen-bond donors (Lipinski definition) is 0. The molecule has 0 atom stereocenters. The van der Waals surface area contributed by atoms with Crippen molar-refractivity contribution < 1.29 is 0 Å².